The average molecular weight is 1020 g/mol. The number of fused-ring (bicyclic) bond motifs is 4. The summed E-state index contributed by atoms with van der Waals surface area (Å²) in [4.78, 5) is 15.7. The molecule has 0 spiro atoms. The third-order valence-corrected chi connectivity index (χ3v) is 14.1. The number of hydrogen-bond donors (Lipinski definition) is 0. The largest absolute Gasteiger partial charge is 0.333 e. The van der Waals surface area contributed by atoms with Crippen molar-refractivity contribution >= 4 is 55.9 Å². The molecule has 0 fully saturated rings. The molecule has 0 aliphatic rings. The van der Waals surface area contributed by atoms with Crippen LogP contribution in [0.1, 0.15) is 42.0 Å². The molecule has 62 heavy (non-hydrogen) atoms. The smallest absolute Gasteiger partial charge is 0.113 e. The number of pyridine rings is 2. The third-order valence-electron chi connectivity index (χ3n) is 11.0. The summed E-state index contributed by atoms with van der Waals surface area (Å²) in [6.45, 7) is 10.4. The van der Waals surface area contributed by atoms with Crippen molar-refractivity contribution in [3.8, 4) is 50.6 Å². The standard InChI is InChI=1S/C37H24N3S.C18H24NSi.Ir/c1-24-19-21-30-29-15-10-16-31(35(29)41-37(30)38-24)36-39-32-17-8-9-18-33(32)40(36)34-23-27(25-11-4-2-5-12-25)20-22-28(34)26-13-6-3-7-14-26;1-13(2)16-11-17(15-9-7-14(3)8-10-15)19-12-18(16)20(4,5)6;/h2-15,17-23H,1H3;7-9,11-13H,1-6H3;/q2*-1;/i;3D3,13D;. The minimum absolute atomic E-state index is 0. The summed E-state index contributed by atoms with van der Waals surface area (Å²) in [5.74, 6) is 0.161. The van der Waals surface area contributed by atoms with E-state index in [4.69, 9.17) is 15.5 Å². The number of hydrogen-bond acceptors (Lipinski definition) is 4. The van der Waals surface area contributed by atoms with Crippen molar-refractivity contribution in [3.05, 3.63) is 187 Å². The normalized spacial score (nSPS) is 12.8. The molecule has 10 rings (SSSR count). The van der Waals surface area contributed by atoms with Crippen molar-refractivity contribution in [2.75, 3.05) is 0 Å². The number of benzene rings is 6. The fourth-order valence-corrected chi connectivity index (χ4v) is 10.7. The van der Waals surface area contributed by atoms with Gasteiger partial charge >= 0.3 is 0 Å². The van der Waals surface area contributed by atoms with E-state index in [1.54, 1.807) is 23.5 Å². The topological polar surface area (TPSA) is 43.6 Å². The Balaban J connectivity index is 0.000000204. The minimum atomic E-state index is -2.13. The second kappa shape index (κ2) is 17.9. The molecule has 0 aliphatic carbocycles. The summed E-state index contributed by atoms with van der Waals surface area (Å²) in [5, 5.41) is 3.54. The zero-order chi connectivity index (χ0) is 45.7. The summed E-state index contributed by atoms with van der Waals surface area (Å²) in [6.07, 6.45) is 1.89. The van der Waals surface area contributed by atoms with Gasteiger partial charge in [0.1, 0.15) is 4.83 Å². The van der Waals surface area contributed by atoms with E-state index in [0.717, 1.165) is 76.8 Å². The molecule has 0 N–H and O–H groups in total. The Morgan fingerprint density at radius 1 is 0.742 bits per heavy atom. The summed E-state index contributed by atoms with van der Waals surface area (Å²) >= 11 is 1.72. The molecule has 0 amide bonds. The second-order valence-electron chi connectivity index (χ2n) is 16.6. The van der Waals surface area contributed by atoms with Gasteiger partial charge in [0, 0.05) is 48.7 Å². The molecule has 0 atom stereocenters. The SMILES string of the molecule is Cc1ccc2c(n1)sc1c(-c3nc4ccccc4n3-c3cc(-c4ccccc4)ccc3-c3ccccc3)[c-]ccc12.[2H]C([2H])([2H])c1c[c-]c(-c2cc(C([2H])(C)C)c([Si](C)(C)C)cn2)cc1.[Ir]. The predicted molar refractivity (Wildman–Crippen MR) is 262 cm³/mol. The molecule has 10 aromatic rings. The van der Waals surface area contributed by atoms with Gasteiger partial charge in [0.05, 0.1) is 24.9 Å². The Morgan fingerprint density at radius 2 is 1.48 bits per heavy atom. The van der Waals surface area contributed by atoms with Gasteiger partial charge in [0.15, 0.2) is 0 Å². The van der Waals surface area contributed by atoms with Gasteiger partial charge in [-0.2, -0.15) is 11.3 Å². The van der Waals surface area contributed by atoms with Crippen molar-refractivity contribution in [2.45, 2.75) is 53.2 Å². The van der Waals surface area contributed by atoms with Crippen LogP contribution in [0.15, 0.2) is 158 Å². The molecular weight excluding hydrogens is 969 g/mol. The van der Waals surface area contributed by atoms with E-state index in [1.807, 2.05) is 39.1 Å². The molecule has 0 aliphatic heterocycles. The zero-order valence-corrected chi connectivity index (χ0v) is 39.8. The monoisotopic (exact) mass is 1020 g/mol. The fourth-order valence-electron chi connectivity index (χ4n) is 7.91. The van der Waals surface area contributed by atoms with Crippen LogP contribution in [0.25, 0.3) is 81.9 Å². The van der Waals surface area contributed by atoms with Crippen LogP contribution in [0.3, 0.4) is 0 Å². The Kier molecular flexibility index (Phi) is 10.9. The number of thiophene rings is 1. The molecular formula is C55H48IrN4SSi-2. The van der Waals surface area contributed by atoms with Gasteiger partial charge in [0.25, 0.3) is 0 Å². The van der Waals surface area contributed by atoms with Crippen LogP contribution in [0.4, 0.5) is 0 Å². The van der Waals surface area contributed by atoms with Crippen LogP contribution in [0.5, 0.6) is 0 Å². The maximum atomic E-state index is 8.48. The van der Waals surface area contributed by atoms with Gasteiger partial charge in [-0.05, 0) is 74.7 Å². The van der Waals surface area contributed by atoms with Crippen molar-refractivity contribution < 1.29 is 25.6 Å². The zero-order valence-electron chi connectivity index (χ0n) is 39.5. The maximum absolute atomic E-state index is 8.48. The molecule has 6 aromatic carbocycles. The van der Waals surface area contributed by atoms with E-state index in [0.29, 0.717) is 0 Å². The molecule has 4 nitrogen and oxygen atoms in total. The summed E-state index contributed by atoms with van der Waals surface area (Å²) < 4.78 is 34.3. The molecule has 7 heteroatoms. The van der Waals surface area contributed by atoms with Gasteiger partial charge in [-0.15, -0.1) is 53.6 Å². The molecule has 0 saturated carbocycles. The molecule has 0 bridgehead atoms. The van der Waals surface area contributed by atoms with Gasteiger partial charge in [-0.25, -0.2) is 4.98 Å². The fraction of sp³-hybridized carbons (Fsp3) is 0.145. The third kappa shape index (κ3) is 8.51. The average Bonchev–Trinajstić information content (AvgIpc) is 3.87. The van der Waals surface area contributed by atoms with Crippen LogP contribution >= 0.6 is 11.3 Å². The van der Waals surface area contributed by atoms with E-state index in [-0.39, 0.29) is 25.7 Å². The number of imidazole rings is 1. The van der Waals surface area contributed by atoms with Crippen molar-refractivity contribution in [1.29, 1.82) is 0 Å². The van der Waals surface area contributed by atoms with Gasteiger partial charge < -0.3 is 9.55 Å². The molecule has 0 unspecified atom stereocenters. The Labute approximate surface area is 389 Å². The number of rotatable bonds is 7. The maximum Gasteiger partial charge on any atom is 0.113 e. The van der Waals surface area contributed by atoms with Crippen LogP contribution in [-0.2, 0) is 20.1 Å². The first-order valence-electron chi connectivity index (χ1n) is 22.5. The first-order chi connectivity index (χ1) is 31.0. The number of nitrogens with zero attached hydrogens (tertiary/aromatic N) is 4. The van der Waals surface area contributed by atoms with E-state index in [1.165, 1.54) is 27.6 Å². The van der Waals surface area contributed by atoms with E-state index >= 15 is 0 Å². The van der Waals surface area contributed by atoms with Crippen LogP contribution in [0.2, 0.25) is 19.6 Å². The first kappa shape index (κ1) is 37.9. The van der Waals surface area contributed by atoms with E-state index in [2.05, 4.69) is 163 Å². The Bertz CT molecular complexity index is 3340. The minimum Gasteiger partial charge on any atom is -0.333 e. The molecule has 0 saturated heterocycles. The molecule has 1 radical (unpaired) electrons. The van der Waals surface area contributed by atoms with Gasteiger partial charge in [-0.1, -0.05) is 154 Å². The van der Waals surface area contributed by atoms with Crippen molar-refractivity contribution in [3.63, 3.8) is 0 Å². The molecule has 309 valence electrons. The van der Waals surface area contributed by atoms with Crippen LogP contribution < -0.4 is 5.19 Å². The van der Waals surface area contributed by atoms with Crippen LogP contribution in [0, 0.1) is 25.9 Å². The van der Waals surface area contributed by atoms with Crippen molar-refractivity contribution in [1.82, 2.24) is 19.5 Å². The van der Waals surface area contributed by atoms with E-state index in [9.17, 15) is 0 Å². The molecule has 4 aromatic heterocycles. The van der Waals surface area contributed by atoms with Gasteiger partial charge in [-0.3, -0.25) is 4.98 Å². The Morgan fingerprint density at radius 3 is 2.19 bits per heavy atom. The Hall–Kier alpha value is -5.82. The summed E-state index contributed by atoms with van der Waals surface area (Å²) in [7, 11) is -1.61. The van der Waals surface area contributed by atoms with Crippen molar-refractivity contribution in [2.24, 2.45) is 0 Å². The van der Waals surface area contributed by atoms with Crippen LogP contribution in [-0.4, -0.2) is 27.6 Å². The number of para-hydroxylation sites is 2. The number of aryl methyl sites for hydroxylation is 2. The number of aromatic nitrogens is 4. The second-order valence-corrected chi connectivity index (χ2v) is 22.6. The molecule has 4 heterocycles. The first-order valence-corrected chi connectivity index (χ1v) is 24.8. The predicted octanol–water partition coefficient (Wildman–Crippen LogP) is 14.4. The van der Waals surface area contributed by atoms with E-state index < -0.39 is 20.8 Å². The summed E-state index contributed by atoms with van der Waals surface area (Å²) in [6, 6.07) is 58.1. The van der Waals surface area contributed by atoms with Gasteiger partial charge in [0.2, 0.25) is 0 Å². The quantitative estimate of drug-likeness (QED) is 0.118. The summed E-state index contributed by atoms with van der Waals surface area (Å²) in [5.41, 5.74) is 12.5.